The summed E-state index contributed by atoms with van der Waals surface area (Å²) in [4.78, 5) is 61.0. The van der Waals surface area contributed by atoms with Crippen LogP contribution in [0.25, 0.3) is 6.08 Å². The van der Waals surface area contributed by atoms with Crippen LogP contribution in [0.2, 0.25) is 0 Å². The lowest BCUT2D eigenvalue weighted by Gasteiger charge is -2.49. The van der Waals surface area contributed by atoms with Crippen molar-refractivity contribution in [1.29, 1.82) is 0 Å². The molecule has 44 heavy (non-hydrogen) atoms. The smallest absolute Gasteiger partial charge is 0.434 e. The van der Waals surface area contributed by atoms with E-state index in [2.05, 4.69) is 27.4 Å². The fourth-order valence-electron chi connectivity index (χ4n) is 4.33. The molecule has 2 aliphatic rings. The second-order valence-electron chi connectivity index (χ2n) is 9.62. The summed E-state index contributed by atoms with van der Waals surface area (Å²) in [5.41, 5.74) is 6.43. The van der Waals surface area contributed by atoms with Crippen molar-refractivity contribution in [3.8, 4) is 0 Å². The lowest BCUT2D eigenvalue weighted by molar-refractivity contribution is -0.169. The van der Waals surface area contributed by atoms with Gasteiger partial charge in [0.1, 0.15) is 22.8 Å². The summed E-state index contributed by atoms with van der Waals surface area (Å²) >= 11 is 2.36. The number of ether oxygens (including phenoxy) is 3. The fraction of sp³-hybridized carbons (Fsp3) is 0.393. The molecule has 2 aliphatic heterocycles. The lowest BCUT2D eigenvalue weighted by atomic mass is 10.0. The van der Waals surface area contributed by atoms with Crippen LogP contribution in [0.4, 0.5) is 9.93 Å². The predicted molar refractivity (Wildman–Crippen MR) is 162 cm³/mol. The van der Waals surface area contributed by atoms with E-state index < -0.39 is 47.4 Å². The van der Waals surface area contributed by atoms with Gasteiger partial charge in [0.25, 0.3) is 11.8 Å². The number of amides is 2. The zero-order valence-corrected chi connectivity index (χ0v) is 25.6. The molecule has 14 nitrogen and oxygen atoms in total. The number of aromatic nitrogens is 2. The maximum Gasteiger partial charge on any atom is 0.511 e. The Hall–Kier alpha value is -4.44. The molecule has 4 rings (SSSR count). The van der Waals surface area contributed by atoms with Crippen molar-refractivity contribution in [2.24, 2.45) is 5.16 Å². The van der Waals surface area contributed by atoms with Crippen molar-refractivity contribution < 1.29 is 38.6 Å². The Morgan fingerprint density at radius 1 is 1.27 bits per heavy atom. The van der Waals surface area contributed by atoms with Crippen LogP contribution in [-0.2, 0) is 28.6 Å². The molecule has 0 aliphatic carbocycles. The van der Waals surface area contributed by atoms with Crippen LogP contribution in [-0.4, -0.2) is 79.8 Å². The van der Waals surface area contributed by atoms with Gasteiger partial charge >= 0.3 is 12.1 Å². The Morgan fingerprint density at radius 3 is 2.77 bits per heavy atom. The molecule has 1 unspecified atom stereocenters. The molecular weight excluding hydrogens is 612 g/mol. The van der Waals surface area contributed by atoms with Gasteiger partial charge < -0.3 is 30.5 Å². The molecule has 234 valence electrons. The Morgan fingerprint density at radius 2 is 2.09 bits per heavy atom. The van der Waals surface area contributed by atoms with Gasteiger partial charge in [0, 0.05) is 30.5 Å². The SMILES string of the molecule is CCCCCCOC(=O)OC(C)OC(=O)C1=C(/C=C\c2cccnc2)CS[C@H]2[C@H](NC(=O)C(=NO)c3csc(N)n3)C(=O)N12. The first kappa shape index (κ1) is 32.5. The van der Waals surface area contributed by atoms with E-state index in [1.807, 2.05) is 6.07 Å². The number of nitrogens with zero attached hydrogens (tertiary/aromatic N) is 4. The molecule has 0 saturated carbocycles. The number of nitrogens with two attached hydrogens (primary N) is 1. The number of carbonyl (C=O) groups is 4. The third-order valence-electron chi connectivity index (χ3n) is 6.47. The molecule has 0 spiro atoms. The van der Waals surface area contributed by atoms with E-state index in [4.69, 9.17) is 19.9 Å². The number of carbonyl (C=O) groups excluding carboxylic acids is 4. The number of pyridine rings is 1. The summed E-state index contributed by atoms with van der Waals surface area (Å²) in [6.45, 7) is 3.61. The number of fused-ring (bicyclic) bond motifs is 1. The Kier molecular flexibility index (Phi) is 11.3. The molecular formula is C28H32N6O8S2. The zero-order chi connectivity index (χ0) is 31.6. The average Bonchev–Trinajstić information content (AvgIpc) is 3.44. The Balaban J connectivity index is 1.48. The average molecular weight is 645 g/mol. The molecule has 0 radical (unpaired) electrons. The van der Waals surface area contributed by atoms with Crippen molar-refractivity contribution in [3.63, 3.8) is 0 Å². The minimum atomic E-state index is -1.31. The number of thiazole rings is 1. The third-order valence-corrected chi connectivity index (χ3v) is 8.45. The van der Waals surface area contributed by atoms with Gasteiger partial charge in [-0.2, -0.15) is 0 Å². The van der Waals surface area contributed by atoms with Crippen molar-refractivity contribution in [2.45, 2.75) is 57.2 Å². The maximum atomic E-state index is 13.4. The highest BCUT2D eigenvalue weighted by atomic mass is 32.2. The second-order valence-corrected chi connectivity index (χ2v) is 11.6. The number of nitrogen functional groups attached to an aromatic ring is 1. The van der Waals surface area contributed by atoms with E-state index in [-0.39, 0.29) is 28.9 Å². The summed E-state index contributed by atoms with van der Waals surface area (Å²) in [6, 6.07) is 2.54. The third kappa shape index (κ3) is 7.93. The topological polar surface area (TPSA) is 196 Å². The van der Waals surface area contributed by atoms with Crippen LogP contribution in [0.15, 0.2) is 52.4 Å². The van der Waals surface area contributed by atoms with E-state index in [1.165, 1.54) is 29.0 Å². The molecule has 1 saturated heterocycles. The highest BCUT2D eigenvalue weighted by Crippen LogP contribution is 2.41. The molecule has 4 N–H and O–H groups in total. The highest BCUT2D eigenvalue weighted by Gasteiger charge is 2.54. The zero-order valence-electron chi connectivity index (χ0n) is 24.0. The van der Waals surface area contributed by atoms with E-state index in [9.17, 15) is 24.4 Å². The van der Waals surface area contributed by atoms with E-state index in [1.54, 1.807) is 30.6 Å². The number of hydrogen-bond donors (Lipinski definition) is 3. The van der Waals surface area contributed by atoms with E-state index in [0.717, 1.165) is 36.2 Å². The number of anilines is 1. The van der Waals surface area contributed by atoms with Gasteiger partial charge in [0.15, 0.2) is 10.8 Å². The van der Waals surface area contributed by atoms with Gasteiger partial charge in [0.05, 0.1) is 6.61 Å². The summed E-state index contributed by atoms with van der Waals surface area (Å²) in [5.74, 6) is -2.06. The number of thioether (sulfide) groups is 1. The predicted octanol–water partition coefficient (Wildman–Crippen LogP) is 3.29. The van der Waals surface area contributed by atoms with Crippen LogP contribution in [0, 0.1) is 0 Å². The Bertz CT molecular complexity index is 1460. The number of unbranched alkanes of at least 4 members (excludes halogenated alkanes) is 3. The standard InChI is InChI=1S/C28H32N6O8S2/c1-3-4-5-6-12-40-28(38)42-16(2)41-26(37)22-18(10-9-17-8-7-11-30-13-17)14-43-25-21(24(36)34(22)25)32-23(35)20(33-39)19-15-44-27(29)31-19/h7-11,13,15-16,21,25,39H,3-6,12,14H2,1-2H3,(H2,29,31)(H,32,35)/b10-9-,33-20?/t16?,21-,25+/m1/s1. The number of β-lactam (4-membered cyclic amide) rings is 1. The molecule has 4 heterocycles. The van der Waals surface area contributed by atoms with Gasteiger partial charge in [-0.05, 0) is 23.6 Å². The molecule has 1 fully saturated rings. The van der Waals surface area contributed by atoms with E-state index in [0.29, 0.717) is 12.0 Å². The number of rotatable bonds is 13. The molecule has 3 atom stereocenters. The van der Waals surface area contributed by atoms with Gasteiger partial charge in [-0.25, -0.2) is 14.6 Å². The lowest BCUT2D eigenvalue weighted by Crippen LogP contribution is -2.71. The normalized spacial score (nSPS) is 18.8. The van der Waals surface area contributed by atoms with Crippen molar-refractivity contribution in [1.82, 2.24) is 20.2 Å². The van der Waals surface area contributed by atoms with Crippen molar-refractivity contribution in [3.05, 3.63) is 58.5 Å². The number of esters is 1. The summed E-state index contributed by atoms with van der Waals surface area (Å²) in [6.07, 6.45) is 8.05. The van der Waals surface area contributed by atoms with Crippen molar-refractivity contribution in [2.75, 3.05) is 18.1 Å². The summed E-state index contributed by atoms with van der Waals surface area (Å²) < 4.78 is 15.5. The number of hydrogen-bond acceptors (Lipinski definition) is 14. The van der Waals surface area contributed by atoms with Crippen LogP contribution >= 0.6 is 23.1 Å². The highest BCUT2D eigenvalue weighted by molar-refractivity contribution is 8.00. The first-order valence-corrected chi connectivity index (χ1v) is 15.7. The first-order valence-electron chi connectivity index (χ1n) is 13.8. The van der Waals surface area contributed by atoms with Crippen LogP contribution in [0.3, 0.4) is 0 Å². The van der Waals surface area contributed by atoms with Gasteiger partial charge in [-0.1, -0.05) is 49.6 Å². The minimum Gasteiger partial charge on any atom is -0.434 e. The maximum absolute atomic E-state index is 13.4. The van der Waals surface area contributed by atoms with Gasteiger partial charge in [-0.3, -0.25) is 19.5 Å². The molecule has 0 aromatic carbocycles. The summed E-state index contributed by atoms with van der Waals surface area (Å²) in [5, 5.41) is 15.9. The van der Waals surface area contributed by atoms with Crippen LogP contribution in [0.5, 0.6) is 0 Å². The molecule has 0 bridgehead atoms. The Labute approximate surface area is 261 Å². The fourth-order valence-corrected chi connectivity index (χ4v) is 6.20. The van der Waals surface area contributed by atoms with Gasteiger partial charge in [-0.15, -0.1) is 23.1 Å². The molecule has 2 aromatic heterocycles. The molecule has 16 heteroatoms. The first-order chi connectivity index (χ1) is 21.2. The van der Waals surface area contributed by atoms with Gasteiger partial charge in [0.2, 0.25) is 6.29 Å². The van der Waals surface area contributed by atoms with Crippen molar-refractivity contribution >= 4 is 64.0 Å². The number of nitrogens with one attached hydrogen (secondary N) is 1. The second kappa shape index (κ2) is 15.3. The largest absolute Gasteiger partial charge is 0.511 e. The number of allylic oxidation sites excluding steroid dienone is 1. The monoisotopic (exact) mass is 644 g/mol. The van der Waals surface area contributed by atoms with Crippen LogP contribution < -0.4 is 11.1 Å². The molecule has 2 aromatic rings. The summed E-state index contributed by atoms with van der Waals surface area (Å²) in [7, 11) is 0. The molecule has 2 amide bonds. The number of oxime groups is 1. The minimum absolute atomic E-state index is 0.0490. The van der Waals surface area contributed by atoms with Crippen LogP contribution in [0.1, 0.15) is 50.8 Å². The van der Waals surface area contributed by atoms with E-state index >= 15 is 0 Å². The quantitative estimate of drug-likeness (QED) is 0.0548.